The van der Waals surface area contributed by atoms with Gasteiger partial charge in [-0.05, 0) is 27.9 Å². The van der Waals surface area contributed by atoms with E-state index in [4.69, 9.17) is 0 Å². The molecule has 7 nitrogen and oxygen atoms in total. The number of hydrogen-bond acceptors (Lipinski definition) is 5. The summed E-state index contributed by atoms with van der Waals surface area (Å²) < 4.78 is 4.54. The molecule has 0 aliphatic heterocycles. The molecule has 0 spiro atoms. The van der Waals surface area contributed by atoms with Crippen molar-refractivity contribution in [2.75, 3.05) is 0 Å². The summed E-state index contributed by atoms with van der Waals surface area (Å²) in [5.41, 5.74) is -0.224. The minimum absolute atomic E-state index is 0.224. The zero-order valence-electron chi connectivity index (χ0n) is 9.38. The van der Waals surface area contributed by atoms with Crippen molar-refractivity contribution in [3.05, 3.63) is 46.7 Å². The zero-order chi connectivity index (χ0) is 12.4. The minimum Gasteiger partial charge on any atom is -0.336 e. The molecule has 0 saturated carbocycles. The van der Waals surface area contributed by atoms with Gasteiger partial charge < -0.3 is 4.57 Å². The van der Waals surface area contributed by atoms with Crippen molar-refractivity contribution in [3.63, 3.8) is 0 Å². The second kappa shape index (κ2) is 4.57. The van der Waals surface area contributed by atoms with Gasteiger partial charge in [-0.15, -0.1) is 11.3 Å². The first-order chi connectivity index (χ1) is 8.84. The average Bonchev–Trinajstić information content (AvgIpc) is 3.08. The fraction of sp³-hybridized carbons (Fsp3) is 0.200. The summed E-state index contributed by atoms with van der Waals surface area (Å²) in [6.45, 7) is 1.11. The van der Waals surface area contributed by atoms with Gasteiger partial charge >= 0.3 is 5.69 Å². The molecule has 0 aliphatic rings. The lowest BCUT2D eigenvalue weighted by molar-refractivity contribution is 0.508. The molecule has 3 aromatic rings. The van der Waals surface area contributed by atoms with Gasteiger partial charge in [0.2, 0.25) is 0 Å². The summed E-state index contributed by atoms with van der Waals surface area (Å²) in [4.78, 5) is 15.9. The second-order valence-electron chi connectivity index (χ2n) is 3.65. The van der Waals surface area contributed by atoms with Gasteiger partial charge in [0.25, 0.3) is 0 Å². The Balaban J connectivity index is 1.80. The van der Waals surface area contributed by atoms with Crippen molar-refractivity contribution in [2.24, 2.45) is 0 Å². The predicted octanol–water partition coefficient (Wildman–Crippen LogP) is 0.387. The molecule has 0 saturated heterocycles. The van der Waals surface area contributed by atoms with Crippen LogP contribution in [0.4, 0.5) is 0 Å². The molecule has 0 atom stereocenters. The molecule has 92 valence electrons. The Hall–Kier alpha value is -2.22. The van der Waals surface area contributed by atoms with Gasteiger partial charge in [0.15, 0.2) is 0 Å². The fourth-order valence-electron chi connectivity index (χ4n) is 1.57. The lowest BCUT2D eigenvalue weighted by Gasteiger charge is -1.99. The van der Waals surface area contributed by atoms with Crippen LogP contribution in [0.25, 0.3) is 5.00 Å². The Labute approximate surface area is 106 Å². The van der Waals surface area contributed by atoms with Crippen molar-refractivity contribution in [3.8, 4) is 5.00 Å². The molecule has 0 N–H and O–H groups in total. The number of aryl methyl sites for hydroxylation is 2. The predicted molar refractivity (Wildman–Crippen MR) is 65.7 cm³/mol. The van der Waals surface area contributed by atoms with E-state index in [9.17, 15) is 4.79 Å². The first kappa shape index (κ1) is 10.9. The van der Waals surface area contributed by atoms with Crippen molar-refractivity contribution in [1.82, 2.24) is 29.3 Å². The molecular weight excluding hydrogens is 252 g/mol. The first-order valence-corrected chi connectivity index (χ1v) is 6.25. The Bertz CT molecular complexity index is 666. The van der Waals surface area contributed by atoms with Crippen LogP contribution in [0.1, 0.15) is 0 Å². The molecule has 0 bridgehead atoms. The molecule has 3 aromatic heterocycles. The van der Waals surface area contributed by atoms with Crippen molar-refractivity contribution >= 4 is 11.3 Å². The number of hydrogen-bond donors (Lipinski definition) is 0. The van der Waals surface area contributed by atoms with Gasteiger partial charge in [0.05, 0.1) is 12.9 Å². The third-order valence-electron chi connectivity index (χ3n) is 2.48. The van der Waals surface area contributed by atoms with Crippen molar-refractivity contribution in [2.45, 2.75) is 13.1 Å². The topological polar surface area (TPSA) is 70.5 Å². The second-order valence-corrected chi connectivity index (χ2v) is 4.57. The number of aromatic nitrogens is 6. The lowest BCUT2D eigenvalue weighted by Crippen LogP contribution is -2.25. The maximum absolute atomic E-state index is 12.0. The van der Waals surface area contributed by atoms with Crippen molar-refractivity contribution in [1.29, 1.82) is 0 Å². The molecule has 8 heteroatoms. The average molecular weight is 262 g/mol. The Morgan fingerprint density at radius 2 is 2.22 bits per heavy atom. The number of nitrogens with zero attached hydrogens (tertiary/aromatic N) is 6. The summed E-state index contributed by atoms with van der Waals surface area (Å²) in [7, 11) is 0. The summed E-state index contributed by atoms with van der Waals surface area (Å²) in [6.07, 6.45) is 5.24. The van der Waals surface area contributed by atoms with Crippen LogP contribution in [0.3, 0.4) is 0 Å². The quantitative estimate of drug-likeness (QED) is 0.682. The molecule has 0 radical (unpaired) electrons. The summed E-state index contributed by atoms with van der Waals surface area (Å²) >= 11 is 1.45. The van der Waals surface area contributed by atoms with Crippen LogP contribution in [-0.4, -0.2) is 29.3 Å². The highest BCUT2D eigenvalue weighted by molar-refractivity contribution is 7.12. The molecule has 0 aliphatic carbocycles. The molecule has 3 rings (SSSR count). The van der Waals surface area contributed by atoms with Crippen LogP contribution in [0.5, 0.6) is 0 Å². The molecule has 0 amide bonds. The van der Waals surface area contributed by atoms with Gasteiger partial charge in [-0.2, -0.15) is 9.36 Å². The monoisotopic (exact) mass is 262 g/mol. The number of tetrazole rings is 1. The van der Waals surface area contributed by atoms with Gasteiger partial charge in [0, 0.05) is 18.9 Å². The highest BCUT2D eigenvalue weighted by atomic mass is 32.1. The van der Waals surface area contributed by atoms with E-state index in [0.29, 0.717) is 13.1 Å². The fourth-order valence-corrected chi connectivity index (χ4v) is 2.24. The number of rotatable bonds is 4. The van der Waals surface area contributed by atoms with Gasteiger partial charge in [0.1, 0.15) is 5.00 Å². The molecule has 3 heterocycles. The molecular formula is C10H10N6OS. The molecule has 0 unspecified atom stereocenters. The van der Waals surface area contributed by atoms with E-state index in [0.717, 1.165) is 5.00 Å². The smallest absolute Gasteiger partial charge is 0.336 e. The van der Waals surface area contributed by atoms with E-state index in [1.807, 2.05) is 28.3 Å². The normalized spacial score (nSPS) is 10.9. The molecule has 0 aromatic carbocycles. The van der Waals surface area contributed by atoms with Crippen LogP contribution >= 0.6 is 11.3 Å². The lowest BCUT2D eigenvalue weighted by atomic mass is 10.6. The van der Waals surface area contributed by atoms with Crippen molar-refractivity contribution < 1.29 is 0 Å². The summed E-state index contributed by atoms with van der Waals surface area (Å²) in [6, 6.07) is 3.71. The Morgan fingerprint density at radius 3 is 2.94 bits per heavy atom. The Kier molecular flexibility index (Phi) is 2.77. The van der Waals surface area contributed by atoms with Gasteiger partial charge in [-0.1, -0.05) is 0 Å². The standard InChI is InChI=1S/C10H10N6OS/c17-10-15(6-5-14-4-3-11-8-14)12-13-16(10)9-2-1-7-18-9/h1-4,7-8H,5-6H2. The minimum atomic E-state index is -0.224. The van der Waals surface area contributed by atoms with E-state index in [-0.39, 0.29) is 5.69 Å². The first-order valence-electron chi connectivity index (χ1n) is 5.37. The van der Waals surface area contributed by atoms with Crippen LogP contribution in [0, 0.1) is 0 Å². The number of thiophene rings is 1. The number of imidazole rings is 1. The van der Waals surface area contributed by atoms with Crippen LogP contribution in [-0.2, 0) is 13.1 Å². The zero-order valence-corrected chi connectivity index (χ0v) is 10.2. The Morgan fingerprint density at radius 1 is 1.28 bits per heavy atom. The maximum atomic E-state index is 12.0. The van der Waals surface area contributed by atoms with E-state index >= 15 is 0 Å². The van der Waals surface area contributed by atoms with Crippen LogP contribution in [0.2, 0.25) is 0 Å². The molecule has 0 fully saturated rings. The van der Waals surface area contributed by atoms with Gasteiger partial charge in [-0.25, -0.2) is 9.78 Å². The largest absolute Gasteiger partial charge is 0.369 e. The highest BCUT2D eigenvalue weighted by Crippen LogP contribution is 2.10. The third kappa shape index (κ3) is 1.97. The summed E-state index contributed by atoms with van der Waals surface area (Å²) in [5, 5.41) is 10.4. The highest BCUT2D eigenvalue weighted by Gasteiger charge is 2.08. The summed E-state index contributed by atoms with van der Waals surface area (Å²) in [5.74, 6) is 0. The van der Waals surface area contributed by atoms with E-state index < -0.39 is 0 Å². The van der Waals surface area contributed by atoms with Gasteiger partial charge in [-0.3, -0.25) is 0 Å². The SMILES string of the molecule is O=c1n(CCn2ccnc2)nnn1-c1cccs1. The third-order valence-corrected chi connectivity index (χ3v) is 3.33. The van der Waals surface area contributed by atoms with E-state index in [1.54, 1.807) is 12.5 Å². The molecule has 18 heavy (non-hydrogen) atoms. The van der Waals surface area contributed by atoms with Crippen LogP contribution in [0.15, 0.2) is 41.0 Å². The van der Waals surface area contributed by atoms with E-state index in [2.05, 4.69) is 15.4 Å². The maximum Gasteiger partial charge on any atom is 0.369 e. The van der Waals surface area contributed by atoms with E-state index in [1.165, 1.54) is 20.7 Å². The van der Waals surface area contributed by atoms with Crippen LogP contribution < -0.4 is 5.69 Å².